The zero-order valence-corrected chi connectivity index (χ0v) is 15.1. The molecule has 0 N–H and O–H groups in total. The maximum Gasteiger partial charge on any atom is 0.347 e. The van der Waals surface area contributed by atoms with Crippen molar-refractivity contribution in [3.63, 3.8) is 0 Å². The van der Waals surface area contributed by atoms with E-state index in [0.29, 0.717) is 16.2 Å². The number of carbonyl (C=O) groups excluding carboxylic acids is 1. The van der Waals surface area contributed by atoms with Crippen molar-refractivity contribution >= 4 is 28.5 Å². The van der Waals surface area contributed by atoms with Crippen LogP contribution in [-0.4, -0.2) is 18.7 Å². The molecule has 0 unspecified atom stereocenters. The molecule has 0 aliphatic heterocycles. The average molecular weight is 373 g/mol. The van der Waals surface area contributed by atoms with Crippen LogP contribution in [-0.2, 0) is 9.53 Å². The third kappa shape index (κ3) is 3.58. The summed E-state index contributed by atoms with van der Waals surface area (Å²) in [5.41, 5.74) is 0.644. The van der Waals surface area contributed by atoms with Crippen LogP contribution in [0.2, 0.25) is 5.02 Å². The van der Waals surface area contributed by atoms with Crippen LogP contribution in [0.25, 0.3) is 22.3 Å². The van der Waals surface area contributed by atoms with E-state index in [-0.39, 0.29) is 23.5 Å². The van der Waals surface area contributed by atoms with Gasteiger partial charge in [0.15, 0.2) is 11.9 Å². The molecule has 26 heavy (non-hydrogen) atoms. The van der Waals surface area contributed by atoms with E-state index in [2.05, 4.69) is 0 Å². The predicted molar refractivity (Wildman–Crippen MR) is 99.7 cm³/mol. The van der Waals surface area contributed by atoms with Crippen LogP contribution in [0, 0.1) is 0 Å². The molecule has 3 rings (SSSR count). The summed E-state index contributed by atoms with van der Waals surface area (Å²) in [6.07, 6.45) is -0.961. The molecule has 0 fully saturated rings. The number of carbonyl (C=O) groups is 1. The lowest BCUT2D eigenvalue weighted by atomic mass is 10.1. The normalized spacial score (nSPS) is 12.0. The predicted octanol–water partition coefficient (Wildman–Crippen LogP) is 4.44. The van der Waals surface area contributed by atoms with Gasteiger partial charge in [-0.1, -0.05) is 41.9 Å². The van der Waals surface area contributed by atoms with Gasteiger partial charge in [0.1, 0.15) is 5.58 Å². The third-order valence-electron chi connectivity index (χ3n) is 3.76. The summed E-state index contributed by atoms with van der Waals surface area (Å²) in [5.74, 6) is -0.356. The fraction of sp³-hybridized carbons (Fsp3) is 0.200. The van der Waals surface area contributed by atoms with Gasteiger partial charge in [0.05, 0.1) is 12.0 Å². The molecule has 0 radical (unpaired) electrons. The number of fused-ring (bicyclic) bond motifs is 1. The highest BCUT2D eigenvalue weighted by molar-refractivity contribution is 6.31. The second kappa shape index (κ2) is 7.62. The highest BCUT2D eigenvalue weighted by Gasteiger charge is 2.23. The quantitative estimate of drug-likeness (QED) is 0.619. The van der Waals surface area contributed by atoms with Crippen molar-refractivity contribution in [2.45, 2.75) is 20.0 Å². The van der Waals surface area contributed by atoms with Crippen LogP contribution in [0.1, 0.15) is 13.8 Å². The minimum absolute atomic E-state index is 0.0495. The van der Waals surface area contributed by atoms with Crippen molar-refractivity contribution in [2.24, 2.45) is 0 Å². The van der Waals surface area contributed by atoms with Crippen LogP contribution in [0.3, 0.4) is 0 Å². The first-order valence-electron chi connectivity index (χ1n) is 8.16. The Morgan fingerprint density at radius 2 is 1.92 bits per heavy atom. The Labute approximate surface area is 155 Å². The number of halogens is 1. The standard InChI is InChI=1S/C20H17ClO5/c1-3-24-20(23)12(2)25-19-17(22)15-11-14(21)9-10-16(15)26-18(19)13-7-5-4-6-8-13/h4-12H,3H2,1-2H3/t12-/m0/s1. The van der Waals surface area contributed by atoms with Crippen molar-refractivity contribution in [3.05, 3.63) is 63.8 Å². The number of rotatable bonds is 5. The molecule has 0 saturated carbocycles. The summed E-state index contributed by atoms with van der Waals surface area (Å²) in [6, 6.07) is 13.9. The Hall–Kier alpha value is -2.79. The summed E-state index contributed by atoms with van der Waals surface area (Å²) in [6.45, 7) is 3.45. The summed E-state index contributed by atoms with van der Waals surface area (Å²) in [4.78, 5) is 24.9. The monoisotopic (exact) mass is 372 g/mol. The Morgan fingerprint density at radius 3 is 2.62 bits per heavy atom. The largest absolute Gasteiger partial charge is 0.471 e. The zero-order chi connectivity index (χ0) is 18.7. The van der Waals surface area contributed by atoms with E-state index < -0.39 is 17.5 Å². The molecule has 1 aromatic heterocycles. The van der Waals surface area contributed by atoms with Gasteiger partial charge in [-0.3, -0.25) is 4.79 Å². The highest BCUT2D eigenvalue weighted by atomic mass is 35.5. The van der Waals surface area contributed by atoms with Gasteiger partial charge in [0, 0.05) is 10.6 Å². The molecular weight excluding hydrogens is 356 g/mol. The van der Waals surface area contributed by atoms with E-state index in [1.165, 1.54) is 13.0 Å². The van der Waals surface area contributed by atoms with Crippen LogP contribution < -0.4 is 10.2 Å². The maximum absolute atomic E-state index is 13.0. The fourth-order valence-electron chi connectivity index (χ4n) is 2.52. The molecule has 0 saturated heterocycles. The summed E-state index contributed by atoms with van der Waals surface area (Å²) < 4.78 is 16.5. The molecule has 5 nitrogen and oxygen atoms in total. The number of ether oxygens (including phenoxy) is 2. The van der Waals surface area contributed by atoms with Gasteiger partial charge in [0.2, 0.25) is 11.2 Å². The van der Waals surface area contributed by atoms with Crippen molar-refractivity contribution < 1.29 is 18.7 Å². The smallest absolute Gasteiger partial charge is 0.347 e. The van der Waals surface area contributed by atoms with Crippen LogP contribution >= 0.6 is 11.6 Å². The number of hydrogen-bond donors (Lipinski definition) is 0. The van der Waals surface area contributed by atoms with E-state index in [4.69, 9.17) is 25.5 Å². The molecule has 0 aliphatic carbocycles. The van der Waals surface area contributed by atoms with Crippen molar-refractivity contribution in [1.82, 2.24) is 0 Å². The topological polar surface area (TPSA) is 65.7 Å². The van der Waals surface area contributed by atoms with Crippen molar-refractivity contribution in [1.29, 1.82) is 0 Å². The minimum Gasteiger partial charge on any atom is -0.471 e. The molecule has 6 heteroatoms. The Kier molecular flexibility index (Phi) is 5.28. The van der Waals surface area contributed by atoms with Gasteiger partial charge in [-0.25, -0.2) is 4.79 Å². The van der Waals surface area contributed by atoms with Crippen LogP contribution in [0.4, 0.5) is 0 Å². The van der Waals surface area contributed by atoms with Gasteiger partial charge < -0.3 is 13.9 Å². The number of esters is 1. The first kappa shape index (κ1) is 18.0. The van der Waals surface area contributed by atoms with Gasteiger partial charge in [-0.15, -0.1) is 0 Å². The third-order valence-corrected chi connectivity index (χ3v) is 3.99. The molecule has 134 valence electrons. The fourth-order valence-corrected chi connectivity index (χ4v) is 2.69. The molecular formula is C20H17ClO5. The number of benzene rings is 2. The van der Waals surface area contributed by atoms with Gasteiger partial charge in [0.25, 0.3) is 0 Å². The van der Waals surface area contributed by atoms with Gasteiger partial charge >= 0.3 is 5.97 Å². The van der Waals surface area contributed by atoms with Gasteiger partial charge in [-0.2, -0.15) is 0 Å². The lowest BCUT2D eigenvalue weighted by Crippen LogP contribution is -2.28. The Bertz CT molecular complexity index is 994. The molecule has 0 aliphatic rings. The first-order valence-corrected chi connectivity index (χ1v) is 8.54. The molecule has 3 aromatic rings. The Balaban J connectivity index is 2.19. The minimum atomic E-state index is -0.961. The molecule has 0 bridgehead atoms. The lowest BCUT2D eigenvalue weighted by molar-refractivity contribution is -0.150. The molecule has 1 atom stereocenters. The van der Waals surface area contributed by atoms with Crippen molar-refractivity contribution in [2.75, 3.05) is 6.61 Å². The molecule has 0 amide bonds. The molecule has 0 spiro atoms. The summed E-state index contributed by atoms with van der Waals surface area (Å²) in [5, 5.41) is 0.685. The average Bonchev–Trinajstić information content (AvgIpc) is 2.65. The zero-order valence-electron chi connectivity index (χ0n) is 14.3. The Morgan fingerprint density at radius 1 is 1.19 bits per heavy atom. The molecule has 2 aromatic carbocycles. The molecule has 1 heterocycles. The van der Waals surface area contributed by atoms with E-state index in [1.54, 1.807) is 31.2 Å². The summed E-state index contributed by atoms with van der Waals surface area (Å²) in [7, 11) is 0. The van der Waals surface area contributed by atoms with E-state index >= 15 is 0 Å². The van der Waals surface area contributed by atoms with Crippen LogP contribution in [0.5, 0.6) is 5.75 Å². The SMILES string of the molecule is CCOC(=O)[C@H](C)Oc1c(-c2ccccc2)oc2ccc(Cl)cc2c1=O. The van der Waals surface area contributed by atoms with Crippen molar-refractivity contribution in [3.8, 4) is 17.1 Å². The second-order valence-corrected chi connectivity index (χ2v) is 6.04. The van der Waals surface area contributed by atoms with E-state index in [0.717, 1.165) is 0 Å². The summed E-state index contributed by atoms with van der Waals surface area (Å²) >= 11 is 6.00. The highest BCUT2D eigenvalue weighted by Crippen LogP contribution is 2.32. The number of hydrogen-bond acceptors (Lipinski definition) is 5. The van der Waals surface area contributed by atoms with Gasteiger partial charge in [-0.05, 0) is 32.0 Å². The maximum atomic E-state index is 13.0. The second-order valence-electron chi connectivity index (χ2n) is 5.61. The van der Waals surface area contributed by atoms with E-state index in [1.807, 2.05) is 18.2 Å². The van der Waals surface area contributed by atoms with Crippen LogP contribution in [0.15, 0.2) is 57.7 Å². The lowest BCUT2D eigenvalue weighted by Gasteiger charge is -2.16. The van der Waals surface area contributed by atoms with E-state index in [9.17, 15) is 9.59 Å². The first-order chi connectivity index (χ1) is 12.5.